The van der Waals surface area contributed by atoms with Crippen LogP contribution in [0.3, 0.4) is 0 Å². The Balaban J connectivity index is 1.47. The number of anilines is 1. The second kappa shape index (κ2) is 7.54. The Morgan fingerprint density at radius 1 is 1.29 bits per heavy atom. The summed E-state index contributed by atoms with van der Waals surface area (Å²) in [6.07, 6.45) is 0. The number of aromatic nitrogens is 2. The fourth-order valence-corrected chi connectivity index (χ4v) is 3.12. The zero-order chi connectivity index (χ0) is 16.9. The van der Waals surface area contributed by atoms with Gasteiger partial charge in [-0.3, -0.25) is 4.79 Å². The summed E-state index contributed by atoms with van der Waals surface area (Å²) >= 11 is 2.79. The fraction of sp³-hybridized carbons (Fsp3) is 0.133. The molecule has 0 bridgehead atoms. The Bertz CT molecular complexity index is 837. The minimum atomic E-state index is -1.01. The van der Waals surface area contributed by atoms with E-state index in [1.807, 2.05) is 17.5 Å². The van der Waals surface area contributed by atoms with Crippen LogP contribution in [0.5, 0.6) is 0 Å². The lowest BCUT2D eigenvalue weighted by Gasteiger charge is -2.04. The number of hydrogen-bond donors (Lipinski definition) is 1. The smallest absolute Gasteiger partial charge is 0.236 e. The van der Waals surface area contributed by atoms with Crippen molar-refractivity contribution >= 4 is 34.7 Å². The number of halogens is 2. The topological polar surface area (TPSA) is 68.0 Å². The van der Waals surface area contributed by atoms with Gasteiger partial charge in [0.2, 0.25) is 17.6 Å². The standard InChI is InChI=1S/C15H11F2N3O2S2/c16-10-4-3-9(6-11(10)17)18-13(21)7-23-8-14-19-15(20-22-14)12-2-1-5-24-12/h1-6H,7-8H2,(H,18,21). The Kier molecular flexibility index (Phi) is 5.21. The first kappa shape index (κ1) is 16.6. The minimum absolute atomic E-state index is 0.121. The van der Waals surface area contributed by atoms with Crippen LogP contribution < -0.4 is 5.32 Å². The maximum Gasteiger partial charge on any atom is 0.236 e. The van der Waals surface area contributed by atoms with E-state index >= 15 is 0 Å². The number of nitrogens with zero attached hydrogens (tertiary/aromatic N) is 2. The first-order valence-electron chi connectivity index (χ1n) is 6.81. The van der Waals surface area contributed by atoms with Crippen molar-refractivity contribution < 1.29 is 18.1 Å². The minimum Gasteiger partial charge on any atom is -0.338 e. The van der Waals surface area contributed by atoms with Gasteiger partial charge < -0.3 is 9.84 Å². The summed E-state index contributed by atoms with van der Waals surface area (Å²) in [7, 11) is 0. The highest BCUT2D eigenvalue weighted by Gasteiger charge is 2.11. The van der Waals surface area contributed by atoms with E-state index in [1.54, 1.807) is 0 Å². The summed E-state index contributed by atoms with van der Waals surface area (Å²) in [6.45, 7) is 0. The zero-order valence-electron chi connectivity index (χ0n) is 12.2. The van der Waals surface area contributed by atoms with Crippen LogP contribution in [0.1, 0.15) is 5.89 Å². The van der Waals surface area contributed by atoms with E-state index in [2.05, 4.69) is 15.5 Å². The average Bonchev–Trinajstić information content (AvgIpc) is 3.22. The van der Waals surface area contributed by atoms with Crippen LogP contribution in [0, 0.1) is 11.6 Å². The van der Waals surface area contributed by atoms with Crippen molar-refractivity contribution in [2.24, 2.45) is 0 Å². The number of hydrogen-bond acceptors (Lipinski definition) is 6. The lowest BCUT2D eigenvalue weighted by Crippen LogP contribution is -2.14. The van der Waals surface area contributed by atoms with Crippen LogP contribution in [0.4, 0.5) is 14.5 Å². The molecule has 0 aliphatic carbocycles. The predicted molar refractivity (Wildman–Crippen MR) is 88.8 cm³/mol. The highest BCUT2D eigenvalue weighted by Crippen LogP contribution is 2.22. The molecule has 3 aromatic rings. The van der Waals surface area contributed by atoms with Gasteiger partial charge in [-0.1, -0.05) is 11.2 Å². The molecule has 124 valence electrons. The fourth-order valence-electron chi connectivity index (χ4n) is 1.82. The van der Waals surface area contributed by atoms with Crippen molar-refractivity contribution in [3.05, 3.63) is 53.2 Å². The van der Waals surface area contributed by atoms with Crippen LogP contribution in [0.25, 0.3) is 10.7 Å². The largest absolute Gasteiger partial charge is 0.338 e. The first-order chi connectivity index (χ1) is 11.6. The van der Waals surface area contributed by atoms with Gasteiger partial charge in [-0.2, -0.15) is 4.98 Å². The molecule has 0 saturated carbocycles. The normalized spacial score (nSPS) is 10.8. The Hall–Kier alpha value is -2.26. The SMILES string of the molecule is O=C(CSCc1nc(-c2cccs2)no1)Nc1ccc(F)c(F)c1. The van der Waals surface area contributed by atoms with Gasteiger partial charge in [0.25, 0.3) is 0 Å². The van der Waals surface area contributed by atoms with Crippen LogP contribution in [-0.2, 0) is 10.5 Å². The highest BCUT2D eigenvalue weighted by atomic mass is 32.2. The van der Waals surface area contributed by atoms with Crippen molar-refractivity contribution in [2.45, 2.75) is 5.75 Å². The van der Waals surface area contributed by atoms with Gasteiger partial charge in [-0.15, -0.1) is 23.1 Å². The predicted octanol–water partition coefficient (Wildman–Crippen LogP) is 3.95. The number of carbonyl (C=O) groups is 1. The summed E-state index contributed by atoms with van der Waals surface area (Å²) in [6, 6.07) is 6.98. The molecule has 0 saturated heterocycles. The molecule has 0 atom stereocenters. The molecule has 0 fully saturated rings. The maximum atomic E-state index is 13.1. The van der Waals surface area contributed by atoms with Crippen molar-refractivity contribution in [1.29, 1.82) is 0 Å². The number of rotatable bonds is 6. The number of nitrogens with one attached hydrogen (secondary N) is 1. The number of thiophene rings is 1. The number of benzene rings is 1. The molecule has 24 heavy (non-hydrogen) atoms. The van der Waals surface area contributed by atoms with E-state index in [-0.39, 0.29) is 17.3 Å². The van der Waals surface area contributed by atoms with Gasteiger partial charge in [-0.05, 0) is 23.6 Å². The lowest BCUT2D eigenvalue weighted by molar-refractivity contribution is -0.113. The molecule has 5 nitrogen and oxygen atoms in total. The molecule has 3 rings (SSSR count). The van der Waals surface area contributed by atoms with Crippen LogP contribution in [0.15, 0.2) is 40.2 Å². The summed E-state index contributed by atoms with van der Waals surface area (Å²) < 4.78 is 31.0. The number of amides is 1. The van der Waals surface area contributed by atoms with E-state index in [0.717, 1.165) is 17.0 Å². The molecule has 2 heterocycles. The van der Waals surface area contributed by atoms with Crippen molar-refractivity contribution in [2.75, 3.05) is 11.1 Å². The molecule has 0 spiro atoms. The molecule has 2 aromatic heterocycles. The third-order valence-electron chi connectivity index (χ3n) is 2.87. The van der Waals surface area contributed by atoms with E-state index in [4.69, 9.17) is 4.52 Å². The van der Waals surface area contributed by atoms with Crippen LogP contribution in [-0.4, -0.2) is 21.8 Å². The first-order valence-corrected chi connectivity index (χ1v) is 8.84. The molecule has 1 aromatic carbocycles. The molecule has 0 aliphatic rings. The quantitative estimate of drug-likeness (QED) is 0.714. The van der Waals surface area contributed by atoms with Gasteiger partial charge >= 0.3 is 0 Å². The zero-order valence-corrected chi connectivity index (χ0v) is 13.8. The van der Waals surface area contributed by atoms with E-state index in [1.165, 1.54) is 29.2 Å². The van der Waals surface area contributed by atoms with Gasteiger partial charge in [0.15, 0.2) is 11.6 Å². The lowest BCUT2D eigenvalue weighted by atomic mass is 10.3. The van der Waals surface area contributed by atoms with Gasteiger partial charge in [0.05, 0.1) is 16.4 Å². The molecule has 1 N–H and O–H groups in total. The number of thioether (sulfide) groups is 1. The Morgan fingerprint density at radius 2 is 2.17 bits per heavy atom. The second-order valence-electron chi connectivity index (χ2n) is 4.66. The van der Waals surface area contributed by atoms with E-state index < -0.39 is 11.6 Å². The molecule has 0 aliphatic heterocycles. The summed E-state index contributed by atoms with van der Waals surface area (Å²) in [5.74, 6) is -0.855. The third kappa shape index (κ3) is 4.18. The Morgan fingerprint density at radius 3 is 2.92 bits per heavy atom. The van der Waals surface area contributed by atoms with Crippen molar-refractivity contribution in [3.8, 4) is 10.7 Å². The molecular formula is C15H11F2N3O2S2. The van der Waals surface area contributed by atoms with Gasteiger partial charge in [0.1, 0.15) is 0 Å². The van der Waals surface area contributed by atoms with Gasteiger partial charge in [0, 0.05) is 11.8 Å². The van der Waals surface area contributed by atoms with Gasteiger partial charge in [-0.25, -0.2) is 8.78 Å². The molecule has 9 heteroatoms. The Labute approximate surface area is 144 Å². The molecule has 0 unspecified atom stereocenters. The maximum absolute atomic E-state index is 13.1. The highest BCUT2D eigenvalue weighted by molar-refractivity contribution is 7.99. The van der Waals surface area contributed by atoms with E-state index in [0.29, 0.717) is 17.5 Å². The summed E-state index contributed by atoms with van der Waals surface area (Å²) in [4.78, 5) is 16.9. The summed E-state index contributed by atoms with van der Waals surface area (Å²) in [5.41, 5.74) is 0.206. The van der Waals surface area contributed by atoms with Crippen molar-refractivity contribution in [1.82, 2.24) is 10.1 Å². The number of carbonyl (C=O) groups excluding carboxylic acids is 1. The molecule has 0 radical (unpaired) electrons. The third-order valence-corrected chi connectivity index (χ3v) is 4.65. The molecular weight excluding hydrogens is 356 g/mol. The summed E-state index contributed by atoms with van der Waals surface area (Å²) in [5, 5.41) is 8.29. The molecule has 1 amide bonds. The van der Waals surface area contributed by atoms with Crippen molar-refractivity contribution in [3.63, 3.8) is 0 Å². The average molecular weight is 367 g/mol. The van der Waals surface area contributed by atoms with Crippen LogP contribution >= 0.6 is 23.1 Å². The second-order valence-corrected chi connectivity index (χ2v) is 6.59. The van der Waals surface area contributed by atoms with Crippen LogP contribution in [0.2, 0.25) is 0 Å². The van der Waals surface area contributed by atoms with E-state index in [9.17, 15) is 13.6 Å². The monoisotopic (exact) mass is 367 g/mol.